The number of hydrogen-bond donors (Lipinski definition) is 1. The molecule has 25 heavy (non-hydrogen) atoms. The van der Waals surface area contributed by atoms with Crippen molar-refractivity contribution < 1.29 is 14.6 Å². The summed E-state index contributed by atoms with van der Waals surface area (Å²) < 4.78 is 5.13. The zero-order valence-electron chi connectivity index (χ0n) is 16.7. The highest BCUT2D eigenvalue weighted by Crippen LogP contribution is 2.09. The van der Waals surface area contributed by atoms with E-state index in [1.54, 1.807) is 13.8 Å². The highest BCUT2D eigenvalue weighted by atomic mass is 16.6. The molecule has 146 valence electrons. The zero-order chi connectivity index (χ0) is 18.8. The average Bonchev–Trinajstić information content (AvgIpc) is 2.58. The molecule has 0 saturated heterocycles. The van der Waals surface area contributed by atoms with Crippen molar-refractivity contribution in [3.05, 3.63) is 24.3 Å². The Morgan fingerprint density at radius 3 is 2.04 bits per heavy atom. The molecule has 0 aliphatic carbocycles. The third-order valence-corrected chi connectivity index (χ3v) is 4.33. The second-order valence-electron chi connectivity index (χ2n) is 6.92. The van der Waals surface area contributed by atoms with Crippen LogP contribution in [-0.4, -0.2) is 23.3 Å². The van der Waals surface area contributed by atoms with E-state index in [4.69, 9.17) is 4.74 Å². The van der Waals surface area contributed by atoms with E-state index in [1.807, 2.05) is 0 Å². The van der Waals surface area contributed by atoms with Gasteiger partial charge < -0.3 is 9.84 Å². The minimum Gasteiger partial charge on any atom is -0.460 e. The van der Waals surface area contributed by atoms with Gasteiger partial charge in [0.05, 0.1) is 6.10 Å². The van der Waals surface area contributed by atoms with Crippen LogP contribution in [0.1, 0.15) is 97.8 Å². The molecule has 0 bridgehead atoms. The van der Waals surface area contributed by atoms with Gasteiger partial charge in [-0.2, -0.15) is 0 Å². The number of ether oxygens (including phenoxy) is 1. The molecule has 0 amide bonds. The van der Waals surface area contributed by atoms with Crippen LogP contribution in [0.3, 0.4) is 0 Å². The van der Waals surface area contributed by atoms with E-state index in [0.29, 0.717) is 6.42 Å². The van der Waals surface area contributed by atoms with Crippen molar-refractivity contribution in [3.8, 4) is 0 Å². The predicted molar refractivity (Wildman–Crippen MR) is 107 cm³/mol. The Morgan fingerprint density at radius 1 is 0.880 bits per heavy atom. The molecule has 3 heteroatoms. The van der Waals surface area contributed by atoms with Crippen molar-refractivity contribution in [1.29, 1.82) is 0 Å². The maximum atomic E-state index is 11.5. The number of aliphatic hydroxyl groups is 1. The number of carbonyl (C=O) groups excluding carboxylic acids is 1. The molecule has 0 spiro atoms. The molecule has 0 aromatic carbocycles. The molecular formula is C22H40O3. The molecular weight excluding hydrogens is 312 g/mol. The first-order valence-electron chi connectivity index (χ1n) is 10.3. The smallest absolute Gasteiger partial charge is 0.306 e. The van der Waals surface area contributed by atoms with Crippen LogP contribution in [0.5, 0.6) is 0 Å². The van der Waals surface area contributed by atoms with E-state index >= 15 is 0 Å². The van der Waals surface area contributed by atoms with Gasteiger partial charge in [-0.3, -0.25) is 4.79 Å². The predicted octanol–water partition coefficient (Wildman–Crippen LogP) is 6.11. The quantitative estimate of drug-likeness (QED) is 0.207. The lowest BCUT2D eigenvalue weighted by Crippen LogP contribution is -2.25. The van der Waals surface area contributed by atoms with Gasteiger partial charge in [0.1, 0.15) is 6.10 Å². The Labute approximate surface area is 155 Å². The summed E-state index contributed by atoms with van der Waals surface area (Å²) in [6.45, 7) is 5.59. The topological polar surface area (TPSA) is 46.5 Å². The third kappa shape index (κ3) is 17.5. The van der Waals surface area contributed by atoms with Crippen molar-refractivity contribution in [2.24, 2.45) is 0 Å². The number of carbonyl (C=O) groups is 1. The monoisotopic (exact) mass is 352 g/mol. The fourth-order valence-corrected chi connectivity index (χ4v) is 2.45. The van der Waals surface area contributed by atoms with Gasteiger partial charge in [0.2, 0.25) is 0 Å². The second kappa shape index (κ2) is 17.7. The van der Waals surface area contributed by atoms with Gasteiger partial charge in [-0.1, -0.05) is 63.3 Å². The van der Waals surface area contributed by atoms with Crippen LogP contribution in [0.2, 0.25) is 0 Å². The molecule has 0 radical (unpaired) electrons. The molecule has 1 N–H and O–H groups in total. The second-order valence-corrected chi connectivity index (χ2v) is 6.92. The Kier molecular flexibility index (Phi) is 17.0. The Balaban J connectivity index is 3.35. The lowest BCUT2D eigenvalue weighted by atomic mass is 10.1. The van der Waals surface area contributed by atoms with Gasteiger partial charge in [-0.05, 0) is 52.4 Å². The third-order valence-electron chi connectivity index (χ3n) is 4.33. The molecule has 3 nitrogen and oxygen atoms in total. The molecule has 0 aromatic heterocycles. The van der Waals surface area contributed by atoms with E-state index in [0.717, 1.165) is 25.7 Å². The molecule has 0 aromatic rings. The molecule has 2 atom stereocenters. The maximum absolute atomic E-state index is 11.5. The number of esters is 1. The SMILES string of the molecule is CCCCCC=CCC=CCCCCCCCC(=O)OC(C)C(C)O. The minimum atomic E-state index is -0.603. The summed E-state index contributed by atoms with van der Waals surface area (Å²) in [7, 11) is 0. The van der Waals surface area contributed by atoms with E-state index in [-0.39, 0.29) is 5.97 Å². The first-order chi connectivity index (χ1) is 12.1. The molecule has 0 fully saturated rings. The largest absolute Gasteiger partial charge is 0.460 e. The molecule has 2 unspecified atom stereocenters. The molecule has 0 aliphatic heterocycles. The maximum Gasteiger partial charge on any atom is 0.306 e. The summed E-state index contributed by atoms with van der Waals surface area (Å²) in [5, 5.41) is 9.29. The number of unbranched alkanes of at least 4 members (excludes halogenated alkanes) is 8. The van der Waals surface area contributed by atoms with Crippen LogP contribution in [0.15, 0.2) is 24.3 Å². The highest BCUT2D eigenvalue weighted by Gasteiger charge is 2.13. The first-order valence-corrected chi connectivity index (χ1v) is 10.3. The van der Waals surface area contributed by atoms with Crippen molar-refractivity contribution in [1.82, 2.24) is 0 Å². The van der Waals surface area contributed by atoms with E-state index in [9.17, 15) is 9.90 Å². The van der Waals surface area contributed by atoms with Crippen molar-refractivity contribution in [2.45, 2.75) is 110 Å². The molecule has 0 aliphatic rings. The Morgan fingerprint density at radius 2 is 1.44 bits per heavy atom. The molecule has 0 saturated carbocycles. The summed E-state index contributed by atoms with van der Waals surface area (Å²) in [5.41, 5.74) is 0. The minimum absolute atomic E-state index is 0.195. The first kappa shape index (κ1) is 23.9. The fraction of sp³-hybridized carbons (Fsp3) is 0.773. The van der Waals surface area contributed by atoms with Crippen LogP contribution in [-0.2, 0) is 9.53 Å². The zero-order valence-corrected chi connectivity index (χ0v) is 16.7. The van der Waals surface area contributed by atoms with Gasteiger partial charge in [0, 0.05) is 6.42 Å². The number of hydrogen-bond acceptors (Lipinski definition) is 3. The lowest BCUT2D eigenvalue weighted by molar-refractivity contribution is -0.153. The summed E-state index contributed by atoms with van der Waals surface area (Å²) in [4.78, 5) is 11.5. The van der Waals surface area contributed by atoms with Crippen LogP contribution < -0.4 is 0 Å². The normalized spacial score (nSPS) is 14.2. The van der Waals surface area contributed by atoms with E-state index in [1.165, 1.54) is 44.9 Å². The Hall–Kier alpha value is -1.09. The number of rotatable bonds is 16. The molecule has 0 heterocycles. The van der Waals surface area contributed by atoms with Crippen LogP contribution in [0.4, 0.5) is 0 Å². The van der Waals surface area contributed by atoms with Gasteiger partial charge in [0.25, 0.3) is 0 Å². The fourth-order valence-electron chi connectivity index (χ4n) is 2.45. The highest BCUT2D eigenvalue weighted by molar-refractivity contribution is 5.69. The van der Waals surface area contributed by atoms with Crippen LogP contribution in [0.25, 0.3) is 0 Å². The average molecular weight is 353 g/mol. The summed E-state index contributed by atoms with van der Waals surface area (Å²) in [6, 6.07) is 0. The number of allylic oxidation sites excluding steroid dienone is 4. The van der Waals surface area contributed by atoms with Crippen molar-refractivity contribution in [2.75, 3.05) is 0 Å². The molecule has 0 rings (SSSR count). The summed E-state index contributed by atoms with van der Waals surface area (Å²) in [6.07, 6.45) is 21.5. The Bertz CT molecular complexity index is 358. The standard InChI is InChI=1S/C22H40O3/c1-4-5-6-7-8-9-10-11-12-13-14-15-16-17-18-19-22(24)25-21(3)20(2)23/h8-9,11-12,20-21,23H,4-7,10,13-19H2,1-3H3. The van der Waals surface area contributed by atoms with Crippen LogP contribution in [0, 0.1) is 0 Å². The van der Waals surface area contributed by atoms with Crippen LogP contribution >= 0.6 is 0 Å². The number of aliphatic hydroxyl groups excluding tert-OH is 1. The van der Waals surface area contributed by atoms with Gasteiger partial charge in [0.15, 0.2) is 0 Å². The van der Waals surface area contributed by atoms with E-state index < -0.39 is 12.2 Å². The van der Waals surface area contributed by atoms with Crippen molar-refractivity contribution >= 4 is 5.97 Å². The summed E-state index contributed by atoms with van der Waals surface area (Å²) in [5.74, 6) is -0.195. The van der Waals surface area contributed by atoms with Gasteiger partial charge in [-0.25, -0.2) is 0 Å². The lowest BCUT2D eigenvalue weighted by Gasteiger charge is -2.15. The van der Waals surface area contributed by atoms with Crippen molar-refractivity contribution in [3.63, 3.8) is 0 Å². The summed E-state index contributed by atoms with van der Waals surface area (Å²) >= 11 is 0. The van der Waals surface area contributed by atoms with Gasteiger partial charge >= 0.3 is 5.97 Å². The van der Waals surface area contributed by atoms with Gasteiger partial charge in [-0.15, -0.1) is 0 Å². The van der Waals surface area contributed by atoms with E-state index in [2.05, 4.69) is 31.2 Å².